The zero-order valence-electron chi connectivity index (χ0n) is 17.7. The summed E-state index contributed by atoms with van der Waals surface area (Å²) in [5.74, 6) is 0.537. The number of nitrogens with zero attached hydrogens (tertiary/aromatic N) is 1. The van der Waals surface area contributed by atoms with E-state index in [1.807, 2.05) is 25.1 Å². The summed E-state index contributed by atoms with van der Waals surface area (Å²) in [6.07, 6.45) is 0.903. The van der Waals surface area contributed by atoms with Crippen molar-refractivity contribution < 1.29 is 9.53 Å². The highest BCUT2D eigenvalue weighted by molar-refractivity contribution is 6.33. The first-order chi connectivity index (χ1) is 14.6. The molecule has 0 aliphatic carbocycles. The van der Waals surface area contributed by atoms with Gasteiger partial charge in [0.1, 0.15) is 0 Å². The second kappa shape index (κ2) is 13.6. The molecule has 3 N–H and O–H groups in total. The molecule has 2 aromatic rings. The topological polar surface area (TPSA) is 74.8 Å². The molecular weight excluding hydrogens is 400 g/mol. The van der Waals surface area contributed by atoms with E-state index in [4.69, 9.17) is 16.3 Å². The van der Waals surface area contributed by atoms with Crippen LogP contribution in [0.2, 0.25) is 5.02 Å². The SMILES string of the molecule is CCNC(=NCCCOC(C)c1ccccc1)NCCNC(=O)c1ccccc1Cl. The Labute approximate surface area is 184 Å². The minimum atomic E-state index is -0.186. The highest BCUT2D eigenvalue weighted by Gasteiger charge is 2.08. The van der Waals surface area contributed by atoms with Crippen LogP contribution in [0, 0.1) is 0 Å². The number of rotatable bonds is 11. The third-order valence-corrected chi connectivity index (χ3v) is 4.70. The predicted octanol–water partition coefficient (Wildman–Crippen LogP) is 3.79. The summed E-state index contributed by atoms with van der Waals surface area (Å²) in [5, 5.41) is 9.72. The average molecular weight is 431 g/mol. The molecule has 0 bridgehead atoms. The Hall–Kier alpha value is -2.57. The second-order valence-electron chi connectivity index (χ2n) is 6.70. The largest absolute Gasteiger partial charge is 0.374 e. The Kier molecular flexibility index (Phi) is 10.8. The monoisotopic (exact) mass is 430 g/mol. The number of guanidine groups is 1. The lowest BCUT2D eigenvalue weighted by Crippen LogP contribution is -2.41. The lowest BCUT2D eigenvalue weighted by atomic mass is 10.1. The number of carbonyl (C=O) groups is 1. The van der Waals surface area contributed by atoms with Crippen LogP contribution < -0.4 is 16.0 Å². The molecule has 0 heterocycles. The zero-order valence-corrected chi connectivity index (χ0v) is 18.4. The molecule has 0 aromatic heterocycles. The van der Waals surface area contributed by atoms with E-state index < -0.39 is 0 Å². The summed E-state index contributed by atoms with van der Waals surface area (Å²) >= 11 is 6.04. The molecule has 0 spiro atoms. The van der Waals surface area contributed by atoms with Gasteiger partial charge in [-0.25, -0.2) is 0 Å². The summed E-state index contributed by atoms with van der Waals surface area (Å²) in [6.45, 7) is 7.16. The first-order valence-corrected chi connectivity index (χ1v) is 10.7. The Bertz CT molecular complexity index is 799. The van der Waals surface area contributed by atoms with Crippen molar-refractivity contribution in [2.45, 2.75) is 26.4 Å². The lowest BCUT2D eigenvalue weighted by Gasteiger charge is -2.14. The first kappa shape index (κ1) is 23.7. The number of carbonyl (C=O) groups excluding carboxylic acids is 1. The zero-order chi connectivity index (χ0) is 21.6. The number of nitrogens with one attached hydrogen (secondary N) is 3. The molecule has 30 heavy (non-hydrogen) atoms. The van der Waals surface area contributed by atoms with Gasteiger partial charge < -0.3 is 20.7 Å². The Morgan fingerprint density at radius 1 is 1.03 bits per heavy atom. The minimum Gasteiger partial charge on any atom is -0.374 e. The van der Waals surface area contributed by atoms with Crippen molar-refractivity contribution in [1.82, 2.24) is 16.0 Å². The summed E-state index contributed by atoms with van der Waals surface area (Å²) in [5.41, 5.74) is 1.65. The number of hydrogen-bond donors (Lipinski definition) is 3. The van der Waals surface area contributed by atoms with Crippen LogP contribution in [0.15, 0.2) is 59.6 Å². The fourth-order valence-corrected chi connectivity index (χ4v) is 3.00. The van der Waals surface area contributed by atoms with Crippen LogP contribution in [0.1, 0.15) is 42.3 Å². The van der Waals surface area contributed by atoms with Gasteiger partial charge in [-0.2, -0.15) is 0 Å². The highest BCUT2D eigenvalue weighted by Crippen LogP contribution is 2.16. The Balaban J connectivity index is 1.66. The summed E-state index contributed by atoms with van der Waals surface area (Å²) in [7, 11) is 0. The van der Waals surface area contributed by atoms with E-state index in [1.54, 1.807) is 24.3 Å². The molecule has 7 heteroatoms. The maximum absolute atomic E-state index is 12.2. The van der Waals surface area contributed by atoms with Crippen LogP contribution in [0.5, 0.6) is 0 Å². The van der Waals surface area contributed by atoms with Crippen molar-refractivity contribution in [2.24, 2.45) is 4.99 Å². The number of hydrogen-bond acceptors (Lipinski definition) is 3. The third-order valence-electron chi connectivity index (χ3n) is 4.37. The van der Waals surface area contributed by atoms with E-state index in [-0.39, 0.29) is 12.0 Å². The quantitative estimate of drug-likeness (QED) is 0.288. The van der Waals surface area contributed by atoms with Crippen molar-refractivity contribution in [2.75, 3.05) is 32.8 Å². The third kappa shape index (κ3) is 8.43. The number of benzene rings is 2. The molecule has 0 aliphatic heterocycles. The van der Waals surface area contributed by atoms with Crippen LogP contribution >= 0.6 is 11.6 Å². The van der Waals surface area contributed by atoms with E-state index in [0.717, 1.165) is 18.9 Å². The van der Waals surface area contributed by atoms with Gasteiger partial charge in [0.05, 0.1) is 16.7 Å². The Morgan fingerprint density at radius 3 is 2.47 bits per heavy atom. The molecule has 2 aromatic carbocycles. The van der Waals surface area contributed by atoms with Crippen molar-refractivity contribution >= 4 is 23.5 Å². The molecule has 162 valence electrons. The number of aliphatic imine (C=N–C) groups is 1. The van der Waals surface area contributed by atoms with Crippen LogP contribution in [0.25, 0.3) is 0 Å². The average Bonchev–Trinajstić information content (AvgIpc) is 2.77. The molecule has 1 amide bonds. The molecule has 0 aliphatic rings. The van der Waals surface area contributed by atoms with Gasteiger partial charge in [0.25, 0.3) is 5.91 Å². The van der Waals surface area contributed by atoms with Gasteiger partial charge in [0.2, 0.25) is 0 Å². The molecule has 0 saturated carbocycles. The van der Waals surface area contributed by atoms with Crippen molar-refractivity contribution in [1.29, 1.82) is 0 Å². The standard InChI is InChI=1S/C23H31ClN4O2/c1-3-25-23(27-14-9-17-30-18(2)19-10-5-4-6-11-19)28-16-15-26-22(29)20-12-7-8-13-21(20)24/h4-8,10-13,18H,3,9,14-17H2,1-2H3,(H,26,29)(H2,25,27,28). The minimum absolute atomic E-state index is 0.0725. The maximum Gasteiger partial charge on any atom is 0.252 e. The molecule has 0 saturated heterocycles. The van der Waals surface area contributed by atoms with E-state index >= 15 is 0 Å². The molecule has 0 fully saturated rings. The summed E-state index contributed by atoms with van der Waals surface area (Å²) in [6, 6.07) is 17.2. The molecular formula is C23H31ClN4O2. The first-order valence-electron chi connectivity index (χ1n) is 10.3. The van der Waals surface area contributed by atoms with Gasteiger partial charge in [-0.3, -0.25) is 9.79 Å². The van der Waals surface area contributed by atoms with Gasteiger partial charge in [0.15, 0.2) is 5.96 Å². The fraction of sp³-hybridized carbons (Fsp3) is 0.391. The van der Waals surface area contributed by atoms with E-state index in [1.165, 1.54) is 5.56 Å². The van der Waals surface area contributed by atoms with Crippen LogP contribution in [0.4, 0.5) is 0 Å². The predicted molar refractivity (Wildman–Crippen MR) is 123 cm³/mol. The van der Waals surface area contributed by atoms with Crippen LogP contribution in [-0.2, 0) is 4.74 Å². The molecule has 1 atom stereocenters. The van der Waals surface area contributed by atoms with Gasteiger partial charge in [0, 0.05) is 32.8 Å². The number of ether oxygens (including phenoxy) is 1. The summed E-state index contributed by atoms with van der Waals surface area (Å²) < 4.78 is 5.88. The van der Waals surface area contributed by atoms with Gasteiger partial charge in [-0.1, -0.05) is 54.1 Å². The van der Waals surface area contributed by atoms with E-state index in [0.29, 0.717) is 36.8 Å². The van der Waals surface area contributed by atoms with Gasteiger partial charge in [-0.15, -0.1) is 0 Å². The van der Waals surface area contributed by atoms with Gasteiger partial charge in [-0.05, 0) is 38.0 Å². The number of amides is 1. The number of halogens is 1. The molecule has 0 radical (unpaired) electrons. The smallest absolute Gasteiger partial charge is 0.252 e. The fourth-order valence-electron chi connectivity index (χ4n) is 2.78. The summed E-state index contributed by atoms with van der Waals surface area (Å²) in [4.78, 5) is 16.7. The normalized spacial score (nSPS) is 12.3. The maximum atomic E-state index is 12.2. The Morgan fingerprint density at radius 2 is 1.73 bits per heavy atom. The molecule has 6 nitrogen and oxygen atoms in total. The lowest BCUT2D eigenvalue weighted by molar-refractivity contribution is 0.0652. The second-order valence-corrected chi connectivity index (χ2v) is 7.11. The van der Waals surface area contributed by atoms with Crippen molar-refractivity contribution in [3.8, 4) is 0 Å². The van der Waals surface area contributed by atoms with E-state index in [9.17, 15) is 4.79 Å². The van der Waals surface area contributed by atoms with Crippen LogP contribution in [0.3, 0.4) is 0 Å². The molecule has 2 rings (SSSR count). The van der Waals surface area contributed by atoms with Crippen molar-refractivity contribution in [3.63, 3.8) is 0 Å². The van der Waals surface area contributed by atoms with E-state index in [2.05, 4.69) is 40.0 Å². The van der Waals surface area contributed by atoms with Crippen molar-refractivity contribution in [3.05, 3.63) is 70.7 Å². The highest BCUT2D eigenvalue weighted by atomic mass is 35.5. The van der Waals surface area contributed by atoms with Crippen LogP contribution in [-0.4, -0.2) is 44.7 Å². The van der Waals surface area contributed by atoms with Gasteiger partial charge >= 0.3 is 0 Å². The molecule has 1 unspecified atom stereocenters.